The Hall–Kier alpha value is 0.180. The lowest BCUT2D eigenvalue weighted by Gasteiger charge is -2.20. The van der Waals surface area contributed by atoms with Crippen LogP contribution >= 0.6 is 11.6 Å². The molecule has 1 atom stereocenters. The molecule has 0 radical (unpaired) electrons. The van der Waals surface area contributed by atoms with Crippen molar-refractivity contribution in [2.75, 3.05) is 6.54 Å². The lowest BCUT2D eigenvalue weighted by atomic mass is 10.1. The quantitative estimate of drug-likeness (QED) is 0.598. The van der Waals surface area contributed by atoms with E-state index in [2.05, 4.69) is 5.32 Å². The van der Waals surface area contributed by atoms with E-state index in [9.17, 15) is 4.39 Å². The van der Waals surface area contributed by atoms with Gasteiger partial charge in [0.2, 0.25) is 0 Å². The molecule has 0 saturated heterocycles. The maximum Gasteiger partial charge on any atom is 0.185 e. The van der Waals surface area contributed by atoms with E-state index in [0.717, 1.165) is 0 Å². The Balaban J connectivity index is 3.28. The maximum atomic E-state index is 11.9. The Bertz CT molecular complexity index is 77.6. The van der Waals surface area contributed by atoms with E-state index >= 15 is 0 Å². The molecule has 0 rings (SSSR count). The molecule has 0 amide bonds. The van der Waals surface area contributed by atoms with Crippen LogP contribution in [0.2, 0.25) is 0 Å². The highest BCUT2D eigenvalue weighted by molar-refractivity contribution is 6.19. The minimum atomic E-state index is -1.27. The van der Waals surface area contributed by atoms with E-state index in [1.54, 1.807) is 0 Å². The third-order valence-electron chi connectivity index (χ3n) is 0.787. The number of hydrogen-bond donors (Lipinski definition) is 1. The maximum absolute atomic E-state index is 11.9. The van der Waals surface area contributed by atoms with Crippen LogP contribution in [0, 0.1) is 0 Å². The van der Waals surface area contributed by atoms with Crippen LogP contribution in [0.1, 0.15) is 20.8 Å². The second-order valence-corrected chi connectivity index (χ2v) is 3.50. The molecule has 0 fully saturated rings. The zero-order valence-corrected chi connectivity index (χ0v) is 6.80. The number of rotatable bonds is 2. The summed E-state index contributed by atoms with van der Waals surface area (Å²) >= 11 is 5.05. The number of nitrogens with one attached hydrogen (secondary N) is 1. The minimum Gasteiger partial charge on any atom is -0.308 e. The first-order valence-corrected chi connectivity index (χ1v) is 3.38. The van der Waals surface area contributed by atoms with E-state index in [-0.39, 0.29) is 12.1 Å². The van der Waals surface area contributed by atoms with Crippen molar-refractivity contribution in [1.82, 2.24) is 5.32 Å². The van der Waals surface area contributed by atoms with Gasteiger partial charge in [-0.2, -0.15) is 0 Å². The van der Waals surface area contributed by atoms with Crippen LogP contribution in [-0.4, -0.2) is 17.7 Å². The van der Waals surface area contributed by atoms with Crippen LogP contribution < -0.4 is 5.32 Å². The highest BCUT2D eigenvalue weighted by Crippen LogP contribution is 2.01. The Morgan fingerprint density at radius 2 is 2.00 bits per heavy atom. The molecule has 1 nitrogen and oxygen atoms in total. The van der Waals surface area contributed by atoms with Crippen LogP contribution in [0.25, 0.3) is 0 Å². The summed E-state index contributed by atoms with van der Waals surface area (Å²) in [6.07, 6.45) is 0. The molecule has 0 aliphatic rings. The molecule has 0 aliphatic carbocycles. The molecule has 1 N–H and O–H groups in total. The van der Waals surface area contributed by atoms with Gasteiger partial charge in [-0.1, -0.05) is 11.6 Å². The smallest absolute Gasteiger partial charge is 0.185 e. The molecular formula is C6H13ClFN. The van der Waals surface area contributed by atoms with Gasteiger partial charge in [0.05, 0.1) is 0 Å². The fourth-order valence-electron chi connectivity index (χ4n) is 0.383. The SMILES string of the molecule is CC(C)(C)NCC(F)Cl. The van der Waals surface area contributed by atoms with Crippen molar-refractivity contribution in [1.29, 1.82) is 0 Å². The largest absolute Gasteiger partial charge is 0.308 e. The molecule has 0 aromatic heterocycles. The molecule has 0 bridgehead atoms. The van der Waals surface area contributed by atoms with Crippen molar-refractivity contribution in [2.24, 2.45) is 0 Å². The third kappa shape index (κ3) is 8.18. The lowest BCUT2D eigenvalue weighted by molar-refractivity contribution is 0.355. The van der Waals surface area contributed by atoms with E-state index in [4.69, 9.17) is 11.6 Å². The van der Waals surface area contributed by atoms with E-state index in [0.29, 0.717) is 0 Å². The topological polar surface area (TPSA) is 12.0 Å². The van der Waals surface area contributed by atoms with E-state index < -0.39 is 5.63 Å². The Labute approximate surface area is 60.6 Å². The molecule has 0 aromatic carbocycles. The average Bonchev–Trinajstić information content (AvgIpc) is 1.59. The van der Waals surface area contributed by atoms with Gasteiger partial charge < -0.3 is 5.32 Å². The fraction of sp³-hybridized carbons (Fsp3) is 1.00. The van der Waals surface area contributed by atoms with Crippen molar-refractivity contribution in [3.8, 4) is 0 Å². The Morgan fingerprint density at radius 1 is 1.56 bits per heavy atom. The summed E-state index contributed by atoms with van der Waals surface area (Å²) in [4.78, 5) is 0. The Kier molecular flexibility index (Phi) is 3.44. The minimum absolute atomic E-state index is 0.0424. The Morgan fingerprint density at radius 3 is 2.11 bits per heavy atom. The van der Waals surface area contributed by atoms with Crippen molar-refractivity contribution in [2.45, 2.75) is 31.9 Å². The van der Waals surface area contributed by atoms with Gasteiger partial charge in [-0.25, -0.2) is 4.39 Å². The van der Waals surface area contributed by atoms with Crippen LogP contribution in [0.4, 0.5) is 4.39 Å². The van der Waals surface area contributed by atoms with Crippen molar-refractivity contribution >= 4 is 11.6 Å². The van der Waals surface area contributed by atoms with Crippen LogP contribution in [0.3, 0.4) is 0 Å². The highest BCUT2D eigenvalue weighted by atomic mass is 35.5. The summed E-state index contributed by atoms with van der Waals surface area (Å²) in [7, 11) is 0. The molecule has 3 heteroatoms. The summed E-state index contributed by atoms with van der Waals surface area (Å²) in [5.41, 5.74) is -1.32. The lowest BCUT2D eigenvalue weighted by Crippen LogP contribution is -2.38. The van der Waals surface area contributed by atoms with E-state index in [1.807, 2.05) is 20.8 Å². The summed E-state index contributed by atoms with van der Waals surface area (Å²) in [5.74, 6) is 0. The molecule has 0 aromatic rings. The van der Waals surface area contributed by atoms with Crippen LogP contribution in [0.5, 0.6) is 0 Å². The zero-order valence-electron chi connectivity index (χ0n) is 6.04. The number of alkyl halides is 2. The molecule has 0 saturated carbocycles. The van der Waals surface area contributed by atoms with Gasteiger partial charge in [0.15, 0.2) is 5.63 Å². The summed E-state index contributed by atoms with van der Waals surface area (Å²) in [6, 6.07) is 0. The average molecular weight is 154 g/mol. The first-order chi connectivity index (χ1) is 3.92. The summed E-state index contributed by atoms with van der Waals surface area (Å²) in [5, 5.41) is 2.91. The monoisotopic (exact) mass is 153 g/mol. The van der Waals surface area contributed by atoms with Gasteiger partial charge in [-0.15, -0.1) is 0 Å². The second kappa shape index (κ2) is 3.37. The summed E-state index contributed by atoms with van der Waals surface area (Å²) < 4.78 is 11.9. The van der Waals surface area contributed by atoms with Gasteiger partial charge in [-0.3, -0.25) is 0 Å². The zero-order chi connectivity index (χ0) is 7.49. The number of hydrogen-bond acceptors (Lipinski definition) is 1. The van der Waals surface area contributed by atoms with Crippen LogP contribution in [0.15, 0.2) is 0 Å². The molecule has 0 aliphatic heterocycles. The van der Waals surface area contributed by atoms with Crippen molar-refractivity contribution in [3.63, 3.8) is 0 Å². The first kappa shape index (κ1) is 9.18. The predicted molar refractivity (Wildman–Crippen MR) is 38.5 cm³/mol. The second-order valence-electron chi connectivity index (χ2n) is 3.02. The van der Waals surface area contributed by atoms with Gasteiger partial charge in [0.1, 0.15) is 0 Å². The van der Waals surface area contributed by atoms with Gasteiger partial charge in [0.25, 0.3) is 0 Å². The molecule has 0 heterocycles. The van der Waals surface area contributed by atoms with Crippen LogP contribution in [-0.2, 0) is 0 Å². The summed E-state index contributed by atoms with van der Waals surface area (Å²) in [6.45, 7) is 6.11. The molecule has 9 heavy (non-hydrogen) atoms. The highest BCUT2D eigenvalue weighted by Gasteiger charge is 2.10. The predicted octanol–water partition coefficient (Wildman–Crippen LogP) is 1.91. The standard InChI is InChI=1S/C6H13ClFN/c1-6(2,3)9-4-5(7)8/h5,9H,4H2,1-3H3. The number of halogens is 2. The fourth-order valence-corrected chi connectivity index (χ4v) is 0.460. The molecule has 0 spiro atoms. The van der Waals surface area contributed by atoms with Crippen molar-refractivity contribution in [3.05, 3.63) is 0 Å². The normalized spacial score (nSPS) is 15.7. The van der Waals surface area contributed by atoms with Gasteiger partial charge in [-0.05, 0) is 20.8 Å². The van der Waals surface area contributed by atoms with Crippen molar-refractivity contribution < 1.29 is 4.39 Å². The van der Waals surface area contributed by atoms with E-state index in [1.165, 1.54) is 0 Å². The first-order valence-electron chi connectivity index (χ1n) is 2.95. The molecule has 56 valence electrons. The molecular weight excluding hydrogens is 141 g/mol. The third-order valence-corrected chi connectivity index (χ3v) is 0.941. The van der Waals surface area contributed by atoms with Gasteiger partial charge in [0, 0.05) is 12.1 Å². The van der Waals surface area contributed by atoms with Gasteiger partial charge >= 0.3 is 0 Å². The molecule has 1 unspecified atom stereocenters.